The number of nitrogens with zero attached hydrogens (tertiary/aromatic N) is 1. The summed E-state index contributed by atoms with van der Waals surface area (Å²) < 4.78 is 0. The molecule has 1 nitrogen and oxygen atoms in total. The van der Waals surface area contributed by atoms with Crippen LogP contribution >= 0.6 is 23.4 Å². The van der Waals surface area contributed by atoms with Crippen LogP contribution in [0, 0.1) is 0 Å². The lowest BCUT2D eigenvalue weighted by Crippen LogP contribution is -2.10. The van der Waals surface area contributed by atoms with Crippen LogP contribution in [-0.2, 0) is 0 Å². The fraction of sp³-hybridized carbons (Fsp3) is 0. The molecule has 3 heteroatoms. The van der Waals surface area contributed by atoms with Gasteiger partial charge in [0.2, 0.25) is 0 Å². The van der Waals surface area contributed by atoms with Crippen molar-refractivity contribution in [3.8, 4) is 0 Å². The predicted molar refractivity (Wildman–Crippen MR) is 117 cm³/mol. The van der Waals surface area contributed by atoms with Crippen LogP contribution < -0.4 is 4.90 Å². The van der Waals surface area contributed by atoms with Crippen LogP contribution in [0.25, 0.3) is 0 Å². The Morgan fingerprint density at radius 3 is 1.63 bits per heavy atom. The molecule has 0 aliphatic carbocycles. The van der Waals surface area contributed by atoms with Gasteiger partial charge in [-0.05, 0) is 48.5 Å². The van der Waals surface area contributed by atoms with E-state index < -0.39 is 0 Å². The SMILES string of the molecule is Clc1c(Sc2ccccc2)cccc1N(c1ccccc1)c1ccccc1. The minimum absolute atomic E-state index is 0.749. The molecule has 4 rings (SSSR count). The number of para-hydroxylation sites is 2. The van der Waals surface area contributed by atoms with Crippen molar-refractivity contribution in [3.05, 3.63) is 114 Å². The van der Waals surface area contributed by atoms with Gasteiger partial charge in [0.15, 0.2) is 0 Å². The van der Waals surface area contributed by atoms with Crippen LogP contribution in [0.5, 0.6) is 0 Å². The summed E-state index contributed by atoms with van der Waals surface area (Å²) in [5.74, 6) is 0. The molecule has 0 aliphatic rings. The minimum Gasteiger partial charge on any atom is -0.309 e. The molecular formula is C24H18ClNS. The third-order valence-electron chi connectivity index (χ3n) is 4.18. The summed E-state index contributed by atoms with van der Waals surface area (Å²) in [7, 11) is 0. The number of hydrogen-bond acceptors (Lipinski definition) is 2. The van der Waals surface area contributed by atoms with E-state index in [-0.39, 0.29) is 0 Å². The number of benzene rings is 4. The number of rotatable bonds is 5. The highest BCUT2D eigenvalue weighted by Crippen LogP contribution is 2.43. The van der Waals surface area contributed by atoms with Crippen molar-refractivity contribution >= 4 is 40.4 Å². The largest absolute Gasteiger partial charge is 0.309 e. The average molecular weight is 388 g/mol. The molecule has 132 valence electrons. The van der Waals surface area contributed by atoms with Crippen LogP contribution in [0.2, 0.25) is 5.02 Å². The summed E-state index contributed by atoms with van der Waals surface area (Å²) in [5, 5.41) is 0.749. The van der Waals surface area contributed by atoms with Gasteiger partial charge in [0.05, 0.1) is 10.7 Å². The molecule has 0 saturated carbocycles. The quantitative estimate of drug-likeness (QED) is 0.341. The second kappa shape index (κ2) is 8.34. The number of halogens is 1. The van der Waals surface area contributed by atoms with E-state index in [2.05, 4.69) is 59.5 Å². The fourth-order valence-electron chi connectivity index (χ4n) is 2.95. The second-order valence-electron chi connectivity index (χ2n) is 6.01. The maximum atomic E-state index is 6.89. The number of anilines is 3. The molecule has 0 amide bonds. The summed E-state index contributed by atoms with van der Waals surface area (Å²) in [6.07, 6.45) is 0. The van der Waals surface area contributed by atoms with Gasteiger partial charge >= 0.3 is 0 Å². The Morgan fingerprint density at radius 1 is 0.556 bits per heavy atom. The van der Waals surface area contributed by atoms with Gasteiger partial charge < -0.3 is 4.90 Å². The molecule has 0 aliphatic heterocycles. The first-order chi connectivity index (χ1) is 13.3. The van der Waals surface area contributed by atoms with Gasteiger partial charge in [-0.1, -0.05) is 84.0 Å². The Balaban J connectivity index is 1.80. The molecule has 0 unspecified atom stereocenters. The third-order valence-corrected chi connectivity index (χ3v) is 5.76. The zero-order chi connectivity index (χ0) is 18.5. The van der Waals surface area contributed by atoms with Crippen molar-refractivity contribution in [3.63, 3.8) is 0 Å². The molecule has 4 aromatic rings. The predicted octanol–water partition coefficient (Wildman–Crippen LogP) is 7.96. The lowest BCUT2D eigenvalue weighted by atomic mass is 10.2. The molecule has 27 heavy (non-hydrogen) atoms. The molecule has 0 bridgehead atoms. The van der Waals surface area contributed by atoms with E-state index in [1.54, 1.807) is 11.8 Å². The third kappa shape index (κ3) is 4.02. The van der Waals surface area contributed by atoms with Crippen molar-refractivity contribution < 1.29 is 0 Å². The Hall–Kier alpha value is -2.68. The van der Waals surface area contributed by atoms with E-state index in [0.29, 0.717) is 0 Å². The summed E-state index contributed by atoms with van der Waals surface area (Å²) >= 11 is 8.57. The van der Waals surface area contributed by atoms with Crippen LogP contribution in [0.1, 0.15) is 0 Å². The van der Waals surface area contributed by atoms with Gasteiger partial charge in [-0.15, -0.1) is 0 Å². The second-order valence-corrected chi connectivity index (χ2v) is 7.50. The lowest BCUT2D eigenvalue weighted by molar-refractivity contribution is 1.26. The average Bonchev–Trinajstić information content (AvgIpc) is 2.73. The van der Waals surface area contributed by atoms with Gasteiger partial charge in [-0.3, -0.25) is 0 Å². The molecule has 0 spiro atoms. The molecule has 0 heterocycles. The molecule has 4 aromatic carbocycles. The van der Waals surface area contributed by atoms with Gasteiger partial charge in [-0.25, -0.2) is 0 Å². The summed E-state index contributed by atoms with van der Waals surface area (Å²) in [4.78, 5) is 4.40. The zero-order valence-corrected chi connectivity index (χ0v) is 16.2. The highest BCUT2D eigenvalue weighted by Gasteiger charge is 2.17. The zero-order valence-electron chi connectivity index (χ0n) is 14.6. The normalized spacial score (nSPS) is 10.6. The Labute approximate surface area is 169 Å². The highest BCUT2D eigenvalue weighted by molar-refractivity contribution is 7.99. The maximum absolute atomic E-state index is 6.89. The lowest BCUT2D eigenvalue weighted by Gasteiger charge is -2.27. The fourth-order valence-corrected chi connectivity index (χ4v) is 4.16. The van der Waals surface area contributed by atoms with E-state index >= 15 is 0 Å². The summed E-state index contributed by atoms with van der Waals surface area (Å²) in [6.45, 7) is 0. The molecule has 0 radical (unpaired) electrons. The number of hydrogen-bond donors (Lipinski definition) is 0. The Bertz CT molecular complexity index is 965. The van der Waals surface area contributed by atoms with E-state index in [9.17, 15) is 0 Å². The van der Waals surface area contributed by atoms with Crippen LogP contribution in [0.3, 0.4) is 0 Å². The van der Waals surface area contributed by atoms with Crippen LogP contribution in [0.15, 0.2) is 119 Å². The van der Waals surface area contributed by atoms with Crippen molar-refractivity contribution in [2.24, 2.45) is 0 Å². The minimum atomic E-state index is 0.749. The van der Waals surface area contributed by atoms with Crippen molar-refractivity contribution in [2.75, 3.05) is 4.90 Å². The smallest absolute Gasteiger partial charge is 0.0786 e. The highest BCUT2D eigenvalue weighted by atomic mass is 35.5. The molecule has 0 saturated heterocycles. The maximum Gasteiger partial charge on any atom is 0.0786 e. The Morgan fingerprint density at radius 2 is 1.07 bits per heavy atom. The van der Waals surface area contributed by atoms with Crippen molar-refractivity contribution in [2.45, 2.75) is 9.79 Å². The molecule has 0 fully saturated rings. The molecule has 0 atom stereocenters. The standard InChI is InChI=1S/C24H18ClNS/c25-24-22(17-10-18-23(24)27-21-15-8-3-9-16-21)26(19-11-4-1-5-12-19)20-13-6-2-7-14-20/h1-18H. The van der Waals surface area contributed by atoms with E-state index in [4.69, 9.17) is 11.6 Å². The first-order valence-corrected chi connectivity index (χ1v) is 9.94. The van der Waals surface area contributed by atoms with E-state index in [1.165, 1.54) is 4.90 Å². The van der Waals surface area contributed by atoms with E-state index in [0.717, 1.165) is 27.0 Å². The van der Waals surface area contributed by atoms with Crippen molar-refractivity contribution in [1.82, 2.24) is 0 Å². The van der Waals surface area contributed by atoms with Gasteiger partial charge in [-0.2, -0.15) is 0 Å². The van der Waals surface area contributed by atoms with Gasteiger partial charge in [0.1, 0.15) is 0 Å². The van der Waals surface area contributed by atoms with Crippen molar-refractivity contribution in [1.29, 1.82) is 0 Å². The van der Waals surface area contributed by atoms with Gasteiger partial charge in [0, 0.05) is 21.2 Å². The first kappa shape index (κ1) is 17.7. The molecule has 0 aromatic heterocycles. The topological polar surface area (TPSA) is 3.24 Å². The van der Waals surface area contributed by atoms with Crippen LogP contribution in [0.4, 0.5) is 17.1 Å². The summed E-state index contributed by atoms with van der Waals surface area (Å²) in [5.41, 5.74) is 3.12. The van der Waals surface area contributed by atoms with Crippen LogP contribution in [-0.4, -0.2) is 0 Å². The first-order valence-electron chi connectivity index (χ1n) is 8.74. The monoisotopic (exact) mass is 387 g/mol. The van der Waals surface area contributed by atoms with E-state index in [1.807, 2.05) is 54.6 Å². The summed E-state index contributed by atoms with van der Waals surface area (Å²) in [6, 6.07) is 37.1. The van der Waals surface area contributed by atoms with Gasteiger partial charge in [0.25, 0.3) is 0 Å². The Kier molecular flexibility index (Phi) is 5.47. The molecular weight excluding hydrogens is 370 g/mol. The molecule has 0 N–H and O–H groups in total.